The Hall–Kier alpha value is -3.21. The lowest BCUT2D eigenvalue weighted by Gasteiger charge is -2.20. The normalized spacial score (nSPS) is 13.4. The molecule has 1 saturated carbocycles. The van der Waals surface area contributed by atoms with E-state index in [2.05, 4.69) is 10.3 Å². The Morgan fingerprint density at radius 2 is 1.78 bits per heavy atom. The topological polar surface area (TPSA) is 62.3 Å². The number of carbonyl (C=O) groups is 2. The van der Waals surface area contributed by atoms with Crippen molar-refractivity contribution < 1.29 is 9.59 Å². The first-order chi connectivity index (χ1) is 13.1. The number of amides is 2. The Kier molecular flexibility index (Phi) is 4.59. The second-order valence-electron chi connectivity index (χ2n) is 6.99. The summed E-state index contributed by atoms with van der Waals surface area (Å²) in [5.74, 6) is -0.0742. The summed E-state index contributed by atoms with van der Waals surface area (Å²) in [6.45, 7) is 0.405. The van der Waals surface area contributed by atoms with E-state index < -0.39 is 0 Å². The first-order valence-electron chi connectivity index (χ1n) is 9.11. The lowest BCUT2D eigenvalue weighted by Crippen LogP contribution is -2.28. The number of nitrogens with zero attached hydrogens (tertiary/aromatic N) is 2. The van der Waals surface area contributed by atoms with Gasteiger partial charge in [-0.15, -0.1) is 0 Å². The largest absolute Gasteiger partial charge is 0.336 e. The van der Waals surface area contributed by atoms with Crippen molar-refractivity contribution in [2.75, 3.05) is 12.4 Å². The Balaban J connectivity index is 1.67. The van der Waals surface area contributed by atoms with Crippen LogP contribution in [0.5, 0.6) is 0 Å². The Labute approximate surface area is 158 Å². The molecule has 0 saturated heterocycles. The molecule has 0 unspecified atom stereocenters. The molecule has 0 atom stereocenters. The van der Waals surface area contributed by atoms with E-state index in [4.69, 9.17) is 0 Å². The third-order valence-electron chi connectivity index (χ3n) is 4.79. The molecule has 1 aromatic heterocycles. The van der Waals surface area contributed by atoms with Gasteiger partial charge in [-0.25, -0.2) is 0 Å². The van der Waals surface area contributed by atoms with Crippen molar-refractivity contribution in [1.29, 1.82) is 0 Å². The Morgan fingerprint density at radius 1 is 1.07 bits per heavy atom. The highest BCUT2D eigenvalue weighted by Crippen LogP contribution is 2.32. The molecule has 1 heterocycles. The summed E-state index contributed by atoms with van der Waals surface area (Å²) in [4.78, 5) is 31.3. The molecule has 1 aliphatic carbocycles. The van der Waals surface area contributed by atoms with Gasteiger partial charge in [0.05, 0.1) is 23.5 Å². The van der Waals surface area contributed by atoms with Crippen LogP contribution in [0.3, 0.4) is 0 Å². The smallest absolute Gasteiger partial charge is 0.256 e. The minimum atomic E-state index is -0.141. The predicted molar refractivity (Wildman–Crippen MR) is 105 cm³/mol. The molecule has 2 amide bonds. The molecule has 1 fully saturated rings. The summed E-state index contributed by atoms with van der Waals surface area (Å²) >= 11 is 0. The number of nitrogens with one attached hydrogen (secondary N) is 1. The van der Waals surface area contributed by atoms with Crippen LogP contribution < -0.4 is 5.32 Å². The zero-order chi connectivity index (χ0) is 18.8. The summed E-state index contributed by atoms with van der Waals surface area (Å²) in [6.07, 6.45) is 3.55. The number of pyridine rings is 1. The number of anilines is 1. The van der Waals surface area contributed by atoms with Gasteiger partial charge in [-0.1, -0.05) is 30.3 Å². The van der Waals surface area contributed by atoms with Crippen LogP contribution in [0.2, 0.25) is 0 Å². The molecule has 4 rings (SSSR count). The standard InChI is InChI=1S/C22H21N3O2/c1-25(14-18-8-4-5-11-23-18)22(27)19-12-16-6-2-3-7-17(16)13-20(19)24-21(26)15-9-10-15/h2-8,11-13,15H,9-10,14H2,1H3,(H,24,26). The van der Waals surface area contributed by atoms with Gasteiger partial charge in [-0.05, 0) is 47.9 Å². The molecular weight excluding hydrogens is 338 g/mol. The van der Waals surface area contributed by atoms with Crippen molar-refractivity contribution in [3.8, 4) is 0 Å². The van der Waals surface area contributed by atoms with E-state index in [0.29, 0.717) is 17.8 Å². The predicted octanol–water partition coefficient (Wildman–Crippen LogP) is 3.86. The van der Waals surface area contributed by atoms with Crippen molar-refractivity contribution in [2.45, 2.75) is 19.4 Å². The van der Waals surface area contributed by atoms with Crippen molar-refractivity contribution in [3.63, 3.8) is 0 Å². The summed E-state index contributed by atoms with van der Waals surface area (Å²) in [7, 11) is 1.75. The monoisotopic (exact) mass is 359 g/mol. The third kappa shape index (κ3) is 3.82. The van der Waals surface area contributed by atoms with Gasteiger partial charge in [0.15, 0.2) is 0 Å². The quantitative estimate of drug-likeness (QED) is 0.752. The lowest BCUT2D eigenvalue weighted by atomic mass is 10.0. The van der Waals surface area contributed by atoms with Crippen LogP contribution in [-0.4, -0.2) is 28.7 Å². The molecular formula is C22H21N3O2. The maximum absolute atomic E-state index is 13.1. The number of benzene rings is 2. The van der Waals surface area contributed by atoms with E-state index in [1.165, 1.54) is 0 Å². The first kappa shape index (κ1) is 17.2. The molecule has 136 valence electrons. The van der Waals surface area contributed by atoms with Crippen LogP contribution >= 0.6 is 0 Å². The van der Waals surface area contributed by atoms with Gasteiger partial charge in [0.25, 0.3) is 5.91 Å². The van der Waals surface area contributed by atoms with Gasteiger partial charge in [-0.3, -0.25) is 14.6 Å². The minimum absolute atomic E-state index is 0.00768. The molecule has 5 heteroatoms. The number of hydrogen-bond donors (Lipinski definition) is 1. The molecule has 5 nitrogen and oxygen atoms in total. The van der Waals surface area contributed by atoms with Gasteiger partial charge in [-0.2, -0.15) is 0 Å². The van der Waals surface area contributed by atoms with Crippen molar-refractivity contribution >= 4 is 28.3 Å². The van der Waals surface area contributed by atoms with Gasteiger partial charge in [0, 0.05) is 19.2 Å². The molecule has 0 aliphatic heterocycles. The highest BCUT2D eigenvalue weighted by molar-refractivity contribution is 6.08. The van der Waals surface area contributed by atoms with Crippen LogP contribution in [0.15, 0.2) is 60.8 Å². The van der Waals surface area contributed by atoms with E-state index in [1.54, 1.807) is 18.1 Å². The van der Waals surface area contributed by atoms with Crippen LogP contribution in [0, 0.1) is 5.92 Å². The fourth-order valence-electron chi connectivity index (χ4n) is 3.11. The summed E-state index contributed by atoms with van der Waals surface area (Å²) in [5.41, 5.74) is 1.89. The zero-order valence-corrected chi connectivity index (χ0v) is 15.2. The summed E-state index contributed by atoms with van der Waals surface area (Å²) < 4.78 is 0. The fourth-order valence-corrected chi connectivity index (χ4v) is 3.11. The van der Waals surface area contributed by atoms with E-state index in [0.717, 1.165) is 29.3 Å². The highest BCUT2D eigenvalue weighted by atomic mass is 16.2. The zero-order valence-electron chi connectivity index (χ0n) is 15.2. The van der Waals surface area contributed by atoms with E-state index in [9.17, 15) is 9.59 Å². The number of aromatic nitrogens is 1. The molecule has 0 radical (unpaired) electrons. The van der Waals surface area contributed by atoms with Crippen molar-refractivity contribution in [2.24, 2.45) is 5.92 Å². The van der Waals surface area contributed by atoms with Gasteiger partial charge in [0.1, 0.15) is 0 Å². The molecule has 27 heavy (non-hydrogen) atoms. The van der Waals surface area contributed by atoms with E-state index in [-0.39, 0.29) is 17.7 Å². The molecule has 1 aliphatic rings. The number of fused-ring (bicyclic) bond motifs is 1. The SMILES string of the molecule is CN(Cc1ccccn1)C(=O)c1cc2ccccc2cc1NC(=O)C1CC1. The summed E-state index contributed by atoms with van der Waals surface area (Å²) in [5, 5.41) is 4.92. The molecule has 1 N–H and O–H groups in total. The maximum atomic E-state index is 13.1. The number of carbonyl (C=O) groups excluding carboxylic acids is 2. The first-order valence-corrected chi connectivity index (χ1v) is 9.11. The average molecular weight is 359 g/mol. The lowest BCUT2D eigenvalue weighted by molar-refractivity contribution is -0.117. The van der Waals surface area contributed by atoms with Crippen LogP contribution in [0.4, 0.5) is 5.69 Å². The van der Waals surface area contributed by atoms with Crippen LogP contribution in [-0.2, 0) is 11.3 Å². The highest BCUT2D eigenvalue weighted by Gasteiger charge is 2.30. The molecule has 0 bridgehead atoms. The van der Waals surface area contributed by atoms with Crippen LogP contribution in [0.25, 0.3) is 10.8 Å². The second kappa shape index (κ2) is 7.19. The number of hydrogen-bond acceptors (Lipinski definition) is 3. The van der Waals surface area contributed by atoms with E-state index in [1.807, 2.05) is 54.6 Å². The Bertz CT molecular complexity index is 997. The van der Waals surface area contributed by atoms with Crippen molar-refractivity contribution in [3.05, 3.63) is 72.1 Å². The minimum Gasteiger partial charge on any atom is -0.336 e. The summed E-state index contributed by atoms with van der Waals surface area (Å²) in [6, 6.07) is 17.2. The second-order valence-corrected chi connectivity index (χ2v) is 6.99. The molecule has 2 aromatic carbocycles. The van der Waals surface area contributed by atoms with Gasteiger partial charge in [0.2, 0.25) is 5.91 Å². The third-order valence-corrected chi connectivity index (χ3v) is 4.79. The average Bonchev–Trinajstić information content (AvgIpc) is 3.53. The molecule has 0 spiro atoms. The Morgan fingerprint density at radius 3 is 2.44 bits per heavy atom. The van der Waals surface area contributed by atoms with Crippen LogP contribution in [0.1, 0.15) is 28.9 Å². The van der Waals surface area contributed by atoms with Gasteiger partial charge >= 0.3 is 0 Å². The maximum Gasteiger partial charge on any atom is 0.256 e. The van der Waals surface area contributed by atoms with Gasteiger partial charge < -0.3 is 10.2 Å². The van der Waals surface area contributed by atoms with Crippen molar-refractivity contribution in [1.82, 2.24) is 9.88 Å². The fraction of sp³-hybridized carbons (Fsp3) is 0.227. The molecule has 3 aromatic rings. The van der Waals surface area contributed by atoms with E-state index >= 15 is 0 Å². The number of rotatable bonds is 5.